The minimum absolute atomic E-state index is 0.245. The van der Waals surface area contributed by atoms with E-state index in [0.29, 0.717) is 16.2 Å². The van der Waals surface area contributed by atoms with Crippen molar-refractivity contribution in [1.82, 2.24) is 5.32 Å². The Labute approximate surface area is 130 Å². The topological polar surface area (TPSA) is 12.0 Å². The highest BCUT2D eigenvalue weighted by Crippen LogP contribution is 2.87. The Kier molecular flexibility index (Phi) is 7.10. The summed E-state index contributed by atoms with van der Waals surface area (Å²) in [5, 5.41) is 3.81. The molecule has 2 rings (SSSR count). The normalized spacial score (nSPS) is 36.9. The van der Waals surface area contributed by atoms with Crippen LogP contribution in [0.3, 0.4) is 0 Å². The molecule has 0 spiro atoms. The molecule has 1 saturated carbocycles. The summed E-state index contributed by atoms with van der Waals surface area (Å²) in [5.74, 6) is 0. The minimum atomic E-state index is 0.245. The zero-order chi connectivity index (χ0) is 17.2. The van der Waals surface area contributed by atoms with E-state index in [1.807, 2.05) is 41.5 Å². The molecule has 0 aromatic carbocycles. The standard InChI is InChI=1S/C13H25N.3C2H6/c1-9(2)12(7)10(3,4)14-11(5,6)13(9,12)8;3*1-2/h14H,1-8H3;3*1-2H3. The average molecular weight is 286 g/mol. The summed E-state index contributed by atoms with van der Waals surface area (Å²) >= 11 is 0. The van der Waals surface area contributed by atoms with Gasteiger partial charge in [-0.3, -0.25) is 0 Å². The zero-order valence-corrected chi connectivity index (χ0v) is 17.0. The van der Waals surface area contributed by atoms with Gasteiger partial charge in [0.25, 0.3) is 0 Å². The highest BCUT2D eigenvalue weighted by Gasteiger charge is 2.89. The van der Waals surface area contributed by atoms with Crippen molar-refractivity contribution in [2.45, 2.75) is 108 Å². The van der Waals surface area contributed by atoms with Crippen molar-refractivity contribution in [1.29, 1.82) is 0 Å². The molecule has 2 unspecified atom stereocenters. The Morgan fingerprint density at radius 1 is 0.450 bits per heavy atom. The van der Waals surface area contributed by atoms with Crippen LogP contribution in [0.5, 0.6) is 0 Å². The summed E-state index contributed by atoms with van der Waals surface area (Å²) < 4.78 is 0. The lowest BCUT2D eigenvalue weighted by Gasteiger charge is -2.39. The van der Waals surface area contributed by atoms with Crippen molar-refractivity contribution in [3.8, 4) is 0 Å². The molecule has 1 aliphatic carbocycles. The molecule has 0 bridgehead atoms. The number of nitrogens with one attached hydrogen (secondary N) is 1. The second-order valence-electron chi connectivity index (χ2n) is 7.25. The van der Waals surface area contributed by atoms with Crippen LogP contribution in [-0.2, 0) is 0 Å². The lowest BCUT2D eigenvalue weighted by molar-refractivity contribution is 0.171. The molecule has 2 atom stereocenters. The number of fused-ring (bicyclic) bond motifs is 1. The first-order chi connectivity index (χ1) is 8.96. The maximum absolute atomic E-state index is 3.81. The van der Waals surface area contributed by atoms with Gasteiger partial charge in [-0.25, -0.2) is 0 Å². The molecule has 0 aromatic heterocycles. The fraction of sp³-hybridized carbons (Fsp3) is 1.00. The van der Waals surface area contributed by atoms with Crippen molar-refractivity contribution < 1.29 is 0 Å². The van der Waals surface area contributed by atoms with E-state index in [9.17, 15) is 0 Å². The molecule has 2 fully saturated rings. The lowest BCUT2D eigenvalue weighted by atomic mass is 9.80. The molecule has 0 aromatic rings. The summed E-state index contributed by atoms with van der Waals surface area (Å²) in [5.41, 5.74) is 1.76. The van der Waals surface area contributed by atoms with Gasteiger partial charge >= 0.3 is 0 Å². The predicted molar refractivity (Wildman–Crippen MR) is 95.3 cm³/mol. The molecule has 1 N–H and O–H groups in total. The van der Waals surface area contributed by atoms with Crippen molar-refractivity contribution in [3.63, 3.8) is 0 Å². The van der Waals surface area contributed by atoms with E-state index >= 15 is 0 Å². The molecule has 1 saturated heterocycles. The van der Waals surface area contributed by atoms with Crippen LogP contribution in [0.15, 0.2) is 0 Å². The van der Waals surface area contributed by atoms with Gasteiger partial charge in [-0.1, -0.05) is 69.2 Å². The Morgan fingerprint density at radius 2 is 0.650 bits per heavy atom. The van der Waals surface area contributed by atoms with Crippen LogP contribution in [0, 0.1) is 16.2 Å². The van der Waals surface area contributed by atoms with Crippen LogP contribution in [-0.4, -0.2) is 11.1 Å². The summed E-state index contributed by atoms with van der Waals surface area (Å²) in [6.07, 6.45) is 0. The Hall–Kier alpha value is -0.0400. The molecule has 1 heteroatoms. The van der Waals surface area contributed by atoms with Crippen LogP contribution in [0.4, 0.5) is 0 Å². The minimum Gasteiger partial charge on any atom is -0.306 e. The molecule has 124 valence electrons. The third-order valence-electron chi connectivity index (χ3n) is 6.56. The third kappa shape index (κ3) is 2.16. The first kappa shape index (κ1) is 22.2. The Bertz CT molecular complexity index is 254. The number of hydrogen-bond donors (Lipinski definition) is 1. The highest BCUT2D eigenvalue weighted by atomic mass is 15.2. The van der Waals surface area contributed by atoms with Gasteiger partial charge in [-0.05, 0) is 43.9 Å². The number of piperidine rings is 1. The van der Waals surface area contributed by atoms with E-state index < -0.39 is 0 Å². The van der Waals surface area contributed by atoms with Gasteiger partial charge in [0.2, 0.25) is 0 Å². The second kappa shape index (κ2) is 6.38. The van der Waals surface area contributed by atoms with Crippen molar-refractivity contribution in [2.24, 2.45) is 16.2 Å². The third-order valence-corrected chi connectivity index (χ3v) is 6.56. The van der Waals surface area contributed by atoms with E-state index in [1.54, 1.807) is 0 Å². The van der Waals surface area contributed by atoms with Gasteiger partial charge in [-0.2, -0.15) is 0 Å². The molecule has 1 aliphatic heterocycles. The first-order valence-corrected chi connectivity index (χ1v) is 8.75. The predicted octanol–water partition coefficient (Wildman–Crippen LogP) is 6.28. The summed E-state index contributed by atoms with van der Waals surface area (Å²) in [6, 6.07) is 0. The Balaban J connectivity index is 0. The van der Waals surface area contributed by atoms with Crippen molar-refractivity contribution >= 4 is 0 Å². The number of rotatable bonds is 0. The van der Waals surface area contributed by atoms with Gasteiger partial charge in [0.1, 0.15) is 0 Å². The molecule has 1 nitrogen and oxygen atoms in total. The average Bonchev–Trinajstić information content (AvgIpc) is 2.72. The maximum Gasteiger partial charge on any atom is 0.0195 e. The van der Waals surface area contributed by atoms with Crippen LogP contribution in [0.25, 0.3) is 0 Å². The lowest BCUT2D eigenvalue weighted by Crippen LogP contribution is -2.53. The van der Waals surface area contributed by atoms with E-state index in [4.69, 9.17) is 0 Å². The van der Waals surface area contributed by atoms with Gasteiger partial charge in [0.15, 0.2) is 0 Å². The summed E-state index contributed by atoms with van der Waals surface area (Å²) in [6.45, 7) is 31.2. The Morgan fingerprint density at radius 3 is 0.750 bits per heavy atom. The van der Waals surface area contributed by atoms with Crippen LogP contribution < -0.4 is 5.32 Å². The van der Waals surface area contributed by atoms with E-state index in [-0.39, 0.29) is 11.1 Å². The fourth-order valence-electron chi connectivity index (χ4n) is 5.19. The summed E-state index contributed by atoms with van der Waals surface area (Å²) in [4.78, 5) is 0. The smallest absolute Gasteiger partial charge is 0.0195 e. The molecule has 1 heterocycles. The van der Waals surface area contributed by atoms with Gasteiger partial charge in [-0.15, -0.1) is 0 Å². The largest absolute Gasteiger partial charge is 0.306 e. The molecular weight excluding hydrogens is 242 g/mol. The summed E-state index contributed by atoms with van der Waals surface area (Å²) in [7, 11) is 0. The molecule has 0 radical (unpaired) electrons. The molecule has 2 aliphatic rings. The zero-order valence-electron chi connectivity index (χ0n) is 17.0. The van der Waals surface area contributed by atoms with Crippen LogP contribution in [0.1, 0.15) is 96.9 Å². The van der Waals surface area contributed by atoms with E-state index in [0.717, 1.165) is 0 Å². The molecule has 0 amide bonds. The SMILES string of the molecule is CC.CC.CC.CC1(C)NC(C)(C)C2(C)C(C)(C)C12C. The fourth-order valence-corrected chi connectivity index (χ4v) is 5.19. The van der Waals surface area contributed by atoms with Crippen LogP contribution in [0.2, 0.25) is 0 Å². The second-order valence-corrected chi connectivity index (χ2v) is 7.25. The van der Waals surface area contributed by atoms with Crippen LogP contribution >= 0.6 is 0 Å². The maximum atomic E-state index is 3.81. The van der Waals surface area contributed by atoms with Gasteiger partial charge < -0.3 is 5.32 Å². The monoisotopic (exact) mass is 285 g/mol. The van der Waals surface area contributed by atoms with E-state index in [2.05, 4.69) is 60.7 Å². The first-order valence-electron chi connectivity index (χ1n) is 8.75. The number of hydrogen-bond acceptors (Lipinski definition) is 1. The molecule has 20 heavy (non-hydrogen) atoms. The highest BCUT2D eigenvalue weighted by molar-refractivity contribution is 5.40. The molecular formula is C19H43N. The quantitative estimate of drug-likeness (QED) is 0.552. The van der Waals surface area contributed by atoms with Crippen molar-refractivity contribution in [3.05, 3.63) is 0 Å². The van der Waals surface area contributed by atoms with E-state index in [1.165, 1.54) is 0 Å². The van der Waals surface area contributed by atoms with Crippen molar-refractivity contribution in [2.75, 3.05) is 0 Å². The van der Waals surface area contributed by atoms with Gasteiger partial charge in [0.05, 0.1) is 0 Å². The van der Waals surface area contributed by atoms with Gasteiger partial charge in [0, 0.05) is 11.1 Å².